The van der Waals surface area contributed by atoms with Crippen LogP contribution in [0.15, 0.2) is 129 Å². The zero-order valence-electron chi connectivity index (χ0n) is 25.1. The maximum absolute atomic E-state index is 14.3. The van der Waals surface area contributed by atoms with Crippen LogP contribution in [-0.4, -0.2) is 54.0 Å². The molecule has 4 heterocycles. The van der Waals surface area contributed by atoms with E-state index in [1.807, 2.05) is 78.9 Å². The molecule has 0 radical (unpaired) electrons. The van der Waals surface area contributed by atoms with Crippen LogP contribution in [0.25, 0.3) is 10.3 Å². The number of esters is 1. The molecule has 0 bridgehead atoms. The van der Waals surface area contributed by atoms with Crippen molar-refractivity contribution in [2.45, 2.75) is 28.1 Å². The molecule has 1 saturated heterocycles. The molecule has 0 saturated carbocycles. The Bertz CT molecular complexity index is 2100. The molecular formula is C35H26N4O6S3. The smallest absolute Gasteiger partial charge is 0.356 e. The summed E-state index contributed by atoms with van der Waals surface area (Å²) in [6.07, 6.45) is 2.14. The third-order valence-corrected chi connectivity index (χ3v) is 11.8. The van der Waals surface area contributed by atoms with E-state index in [0.717, 1.165) is 28.5 Å². The summed E-state index contributed by atoms with van der Waals surface area (Å²) in [5.41, 5.74) is 1.99. The number of β-lactam (4-membered cyclic amide) rings is 1. The van der Waals surface area contributed by atoms with Gasteiger partial charge in [0.05, 0.1) is 27.2 Å². The van der Waals surface area contributed by atoms with E-state index in [-0.39, 0.29) is 28.8 Å². The van der Waals surface area contributed by atoms with Crippen LogP contribution in [0.5, 0.6) is 0 Å². The molecule has 2 aliphatic heterocycles. The van der Waals surface area contributed by atoms with Crippen LogP contribution in [-0.2, 0) is 36.3 Å². The Morgan fingerprint density at radius 2 is 1.56 bits per heavy atom. The first-order valence-corrected chi connectivity index (χ1v) is 17.9. The van der Waals surface area contributed by atoms with Crippen molar-refractivity contribution >= 4 is 62.0 Å². The highest BCUT2D eigenvalue weighted by Gasteiger charge is 2.57. The van der Waals surface area contributed by atoms with Crippen molar-refractivity contribution in [3.8, 4) is 0 Å². The van der Waals surface area contributed by atoms with Gasteiger partial charge in [-0.1, -0.05) is 103 Å². The Balaban J connectivity index is 1.24. The zero-order valence-corrected chi connectivity index (χ0v) is 27.5. The molecular weight excluding hydrogens is 669 g/mol. The van der Waals surface area contributed by atoms with E-state index >= 15 is 0 Å². The number of ether oxygens (including phenoxy) is 1. The molecule has 13 heteroatoms. The minimum absolute atomic E-state index is 0.0371. The highest BCUT2D eigenvalue weighted by atomic mass is 32.2. The van der Waals surface area contributed by atoms with Gasteiger partial charge in [0.2, 0.25) is 11.3 Å². The third kappa shape index (κ3) is 6.31. The van der Waals surface area contributed by atoms with Gasteiger partial charge < -0.3 is 10.1 Å². The first-order chi connectivity index (χ1) is 23.4. The van der Waals surface area contributed by atoms with E-state index in [9.17, 15) is 23.4 Å². The Morgan fingerprint density at radius 1 is 0.938 bits per heavy atom. The summed E-state index contributed by atoms with van der Waals surface area (Å²) in [6, 6.07) is 27.8. The number of nitrogens with zero attached hydrogens (tertiary/aromatic N) is 3. The number of carbonyl (C=O) groups excluding carboxylic acids is 3. The monoisotopic (exact) mass is 694 g/mol. The second kappa shape index (κ2) is 13.6. The normalized spacial score (nSPS) is 18.7. The molecule has 2 aromatic heterocycles. The van der Waals surface area contributed by atoms with Crippen molar-refractivity contribution in [3.63, 3.8) is 0 Å². The van der Waals surface area contributed by atoms with Crippen LogP contribution in [0.2, 0.25) is 0 Å². The van der Waals surface area contributed by atoms with Crippen molar-refractivity contribution in [2.75, 3.05) is 5.75 Å². The van der Waals surface area contributed by atoms with Gasteiger partial charge in [0.15, 0.2) is 6.10 Å². The van der Waals surface area contributed by atoms with E-state index in [0.29, 0.717) is 13.9 Å². The fourth-order valence-corrected chi connectivity index (χ4v) is 9.80. The number of nitrogens with one attached hydrogen (secondary N) is 1. The van der Waals surface area contributed by atoms with Crippen LogP contribution in [0.1, 0.15) is 22.8 Å². The molecule has 3 aromatic carbocycles. The molecule has 10 nitrogen and oxygen atoms in total. The second-order valence-electron chi connectivity index (χ2n) is 11.0. The fourth-order valence-electron chi connectivity index (χ4n) is 5.60. The molecule has 2 amide bonds. The molecule has 2 aliphatic rings. The molecule has 1 N–H and O–H groups in total. The maximum atomic E-state index is 14.3. The van der Waals surface area contributed by atoms with Gasteiger partial charge in [0.25, 0.3) is 5.91 Å². The number of benzene rings is 3. The zero-order chi connectivity index (χ0) is 33.2. The standard InChI is InChI=1S/C35H26N4O6S3/c40-24-19-27(47-32-28(24)36-16-17-37-32)46-25-20-48(44)34-29(38-26(41)18-21-10-4-1-5-11-21)33(42)39(34)30(25)35(43)45-31(22-12-6-2-7-13-22)23-14-8-3-9-15-23/h1-17,19,29,31,34H,18,20H2,(H,38,41)/t29?,34-,48?/m0/s1. The second-order valence-corrected chi connectivity index (χ2v) is 14.9. The van der Waals surface area contributed by atoms with E-state index in [2.05, 4.69) is 15.3 Å². The summed E-state index contributed by atoms with van der Waals surface area (Å²) in [5.74, 6) is -1.88. The van der Waals surface area contributed by atoms with E-state index in [1.165, 1.54) is 34.7 Å². The van der Waals surface area contributed by atoms with Crippen LogP contribution in [0, 0.1) is 0 Å². The number of rotatable bonds is 9. The molecule has 0 spiro atoms. The fraction of sp³-hybridized carbons (Fsp3) is 0.143. The van der Waals surface area contributed by atoms with E-state index in [1.54, 1.807) is 12.1 Å². The lowest BCUT2D eigenvalue weighted by Crippen LogP contribution is -2.73. The SMILES string of the molecule is O=C(Cc1ccccc1)NC1C(=O)N2C(C(=O)OC(c3ccccc3)c3ccccc3)=C(Sc3cc(=O)c4nccnc4s3)CS(=O)[C@@H]12. The van der Waals surface area contributed by atoms with Gasteiger partial charge in [-0.05, 0) is 16.7 Å². The van der Waals surface area contributed by atoms with Crippen LogP contribution >= 0.6 is 23.1 Å². The van der Waals surface area contributed by atoms with E-state index < -0.39 is 46.1 Å². The average molecular weight is 695 g/mol. The molecule has 3 atom stereocenters. The van der Waals surface area contributed by atoms with Gasteiger partial charge in [-0.25, -0.2) is 14.8 Å². The third-order valence-electron chi connectivity index (χ3n) is 7.81. The Morgan fingerprint density at radius 3 is 2.23 bits per heavy atom. The Hall–Kier alpha value is -4.98. The summed E-state index contributed by atoms with van der Waals surface area (Å²) in [7, 11) is -1.70. The number of hydrogen-bond donors (Lipinski definition) is 1. The van der Waals surface area contributed by atoms with Crippen LogP contribution in [0.4, 0.5) is 0 Å². The highest BCUT2D eigenvalue weighted by molar-refractivity contribution is 8.05. The quantitative estimate of drug-likeness (QED) is 0.177. The predicted octanol–water partition coefficient (Wildman–Crippen LogP) is 4.35. The molecule has 0 aliphatic carbocycles. The molecule has 2 unspecified atom stereocenters. The summed E-state index contributed by atoms with van der Waals surface area (Å²) in [5, 5.41) is 1.75. The Kier molecular flexibility index (Phi) is 8.98. The minimum Gasteiger partial charge on any atom is -0.448 e. The molecule has 7 rings (SSSR count). The maximum Gasteiger partial charge on any atom is 0.356 e. The van der Waals surface area contributed by atoms with Gasteiger partial charge in [-0.3, -0.25) is 23.5 Å². The lowest BCUT2D eigenvalue weighted by Gasteiger charge is -2.49. The summed E-state index contributed by atoms with van der Waals surface area (Å²) >= 11 is 2.26. The number of aromatic nitrogens is 2. The molecule has 1 fully saturated rings. The predicted molar refractivity (Wildman–Crippen MR) is 183 cm³/mol. The first kappa shape index (κ1) is 31.6. The van der Waals surface area contributed by atoms with Gasteiger partial charge in [0.1, 0.15) is 27.5 Å². The van der Waals surface area contributed by atoms with Crippen molar-refractivity contribution in [1.82, 2.24) is 20.2 Å². The number of fused-ring (bicyclic) bond motifs is 2. The van der Waals surface area contributed by atoms with Gasteiger partial charge >= 0.3 is 5.97 Å². The van der Waals surface area contributed by atoms with Crippen molar-refractivity contribution < 1.29 is 23.3 Å². The lowest BCUT2D eigenvalue weighted by atomic mass is 10.0. The van der Waals surface area contributed by atoms with Gasteiger partial charge in [-0.2, -0.15) is 0 Å². The number of hydrogen-bond acceptors (Lipinski definition) is 10. The lowest BCUT2D eigenvalue weighted by molar-refractivity contribution is -0.154. The molecule has 5 aromatic rings. The summed E-state index contributed by atoms with van der Waals surface area (Å²) in [6.45, 7) is 0. The number of thioether (sulfide) groups is 1. The highest BCUT2D eigenvalue weighted by Crippen LogP contribution is 2.43. The van der Waals surface area contributed by atoms with Gasteiger partial charge in [-0.15, -0.1) is 11.3 Å². The summed E-state index contributed by atoms with van der Waals surface area (Å²) < 4.78 is 20.4. The first-order valence-electron chi connectivity index (χ1n) is 14.9. The number of amides is 2. The van der Waals surface area contributed by atoms with Gasteiger partial charge in [0, 0.05) is 23.4 Å². The van der Waals surface area contributed by atoms with Crippen molar-refractivity contribution in [3.05, 3.63) is 147 Å². The van der Waals surface area contributed by atoms with E-state index in [4.69, 9.17) is 4.74 Å². The Labute approximate surface area is 285 Å². The molecule has 240 valence electrons. The minimum atomic E-state index is -1.70. The number of carbonyl (C=O) groups is 3. The van der Waals surface area contributed by atoms with Crippen LogP contribution in [0.3, 0.4) is 0 Å². The van der Waals surface area contributed by atoms with Crippen molar-refractivity contribution in [1.29, 1.82) is 0 Å². The summed E-state index contributed by atoms with van der Waals surface area (Å²) in [4.78, 5) is 64.1. The average Bonchev–Trinajstić information content (AvgIpc) is 3.10. The molecule has 48 heavy (non-hydrogen) atoms. The van der Waals surface area contributed by atoms with Crippen LogP contribution < -0.4 is 10.7 Å². The topological polar surface area (TPSA) is 136 Å². The largest absolute Gasteiger partial charge is 0.448 e. The van der Waals surface area contributed by atoms with Crippen molar-refractivity contribution in [2.24, 2.45) is 0 Å².